The Bertz CT molecular complexity index is 1290. The number of benzene rings is 2. The summed E-state index contributed by atoms with van der Waals surface area (Å²) in [6.45, 7) is 3.97. The highest BCUT2D eigenvalue weighted by molar-refractivity contribution is 7.19. The second-order valence-electron chi connectivity index (χ2n) is 6.72. The first kappa shape index (κ1) is 19.4. The molecule has 0 saturated heterocycles. The van der Waals surface area contributed by atoms with Gasteiger partial charge in [0.25, 0.3) is 5.56 Å². The zero-order valence-electron chi connectivity index (χ0n) is 16.2. The number of nitrogens with one attached hydrogen (secondary N) is 1. The number of aromatic amines is 1. The summed E-state index contributed by atoms with van der Waals surface area (Å²) in [7, 11) is 1.64. The molecular weight excluding hydrogens is 404 g/mol. The molecular formula is C23H19ClN2O2S. The van der Waals surface area contributed by atoms with Crippen LogP contribution in [0.1, 0.15) is 21.8 Å². The number of nitrogens with zero attached hydrogens (tertiary/aromatic N) is 1. The van der Waals surface area contributed by atoms with Crippen LogP contribution in [0.4, 0.5) is 0 Å². The number of aryl methyl sites for hydroxylation is 2. The maximum Gasteiger partial charge on any atom is 0.260 e. The van der Waals surface area contributed by atoms with Gasteiger partial charge in [-0.05, 0) is 48.7 Å². The molecule has 146 valence electrons. The van der Waals surface area contributed by atoms with Gasteiger partial charge < -0.3 is 9.72 Å². The molecule has 4 rings (SSSR count). The van der Waals surface area contributed by atoms with E-state index in [0.717, 1.165) is 32.9 Å². The van der Waals surface area contributed by atoms with Crippen LogP contribution in [0.3, 0.4) is 0 Å². The van der Waals surface area contributed by atoms with Gasteiger partial charge >= 0.3 is 0 Å². The third kappa shape index (κ3) is 3.71. The molecule has 0 aliphatic heterocycles. The predicted molar refractivity (Wildman–Crippen MR) is 122 cm³/mol. The molecule has 0 aliphatic rings. The minimum atomic E-state index is -0.189. The van der Waals surface area contributed by atoms with Crippen LogP contribution >= 0.6 is 22.9 Å². The molecule has 0 radical (unpaired) electrons. The van der Waals surface area contributed by atoms with Crippen LogP contribution in [-0.2, 0) is 0 Å². The van der Waals surface area contributed by atoms with Crippen LogP contribution in [0.2, 0.25) is 0 Å². The minimum absolute atomic E-state index is 0.189. The van der Waals surface area contributed by atoms with Crippen molar-refractivity contribution in [1.82, 2.24) is 9.97 Å². The lowest BCUT2D eigenvalue weighted by Gasteiger charge is -2.06. The predicted octanol–water partition coefficient (Wildman–Crippen LogP) is 6.01. The van der Waals surface area contributed by atoms with E-state index in [1.807, 2.05) is 62.4 Å². The van der Waals surface area contributed by atoms with Gasteiger partial charge in [0.1, 0.15) is 10.6 Å². The van der Waals surface area contributed by atoms with Crippen LogP contribution in [0.25, 0.3) is 32.5 Å². The third-order valence-corrected chi connectivity index (χ3v) is 6.03. The van der Waals surface area contributed by atoms with Gasteiger partial charge in [0.2, 0.25) is 0 Å². The number of halogens is 1. The number of rotatable bonds is 4. The van der Waals surface area contributed by atoms with Crippen LogP contribution in [0, 0.1) is 13.8 Å². The molecule has 1 N–H and O–H groups in total. The Kier molecular flexibility index (Phi) is 5.26. The highest BCUT2D eigenvalue weighted by Crippen LogP contribution is 2.36. The summed E-state index contributed by atoms with van der Waals surface area (Å²) < 4.78 is 5.29. The quantitative estimate of drug-likeness (QED) is 0.438. The number of fused-ring (bicyclic) bond motifs is 1. The van der Waals surface area contributed by atoms with Crippen LogP contribution in [-0.4, -0.2) is 17.1 Å². The SMILES string of the molecule is COc1ccc(/C=C(\Cl)c2nc3sc(C)c(-c4ccccc4)c3c(=O)[nH]2)cc1C. The molecule has 2 heterocycles. The normalized spacial score (nSPS) is 11.8. The first-order chi connectivity index (χ1) is 14.0. The molecule has 0 saturated carbocycles. The number of thiophene rings is 1. The molecule has 0 unspecified atom stereocenters. The Labute approximate surface area is 177 Å². The molecule has 0 fully saturated rings. The van der Waals surface area contributed by atoms with Crippen molar-refractivity contribution in [3.8, 4) is 16.9 Å². The van der Waals surface area contributed by atoms with Crippen molar-refractivity contribution in [2.45, 2.75) is 13.8 Å². The van der Waals surface area contributed by atoms with E-state index in [-0.39, 0.29) is 5.56 Å². The molecule has 0 aliphatic carbocycles. The lowest BCUT2D eigenvalue weighted by atomic mass is 10.0. The van der Waals surface area contributed by atoms with Crippen LogP contribution in [0.5, 0.6) is 5.75 Å². The van der Waals surface area contributed by atoms with Crippen molar-refractivity contribution in [3.63, 3.8) is 0 Å². The number of H-pyrrole nitrogens is 1. The fraction of sp³-hybridized carbons (Fsp3) is 0.130. The zero-order valence-corrected chi connectivity index (χ0v) is 17.8. The van der Waals surface area contributed by atoms with Crippen molar-refractivity contribution in [2.24, 2.45) is 0 Å². The number of aromatic nitrogens is 2. The van der Waals surface area contributed by atoms with Gasteiger partial charge in [-0.3, -0.25) is 4.79 Å². The molecule has 0 amide bonds. The summed E-state index contributed by atoms with van der Waals surface area (Å²) in [5, 5.41) is 0.980. The third-order valence-electron chi connectivity index (χ3n) is 4.74. The monoisotopic (exact) mass is 422 g/mol. The van der Waals surface area contributed by atoms with E-state index in [4.69, 9.17) is 16.3 Å². The average molecular weight is 423 g/mol. The summed E-state index contributed by atoms with van der Waals surface area (Å²) in [4.78, 5) is 22.1. The summed E-state index contributed by atoms with van der Waals surface area (Å²) in [6, 6.07) is 15.7. The van der Waals surface area contributed by atoms with Crippen LogP contribution in [0.15, 0.2) is 53.3 Å². The van der Waals surface area contributed by atoms with Gasteiger partial charge in [0.15, 0.2) is 5.82 Å². The standard InChI is InChI=1S/C23H19ClN2O2S/c1-13-11-15(9-10-18(13)28-3)12-17(24)21-25-22(27)20-19(14(2)29-23(20)26-21)16-7-5-4-6-8-16/h4-12H,1-3H3,(H,25,26,27)/b17-12-. The topological polar surface area (TPSA) is 55.0 Å². The maximum atomic E-state index is 12.9. The van der Waals surface area contributed by atoms with Crippen molar-refractivity contribution in [1.29, 1.82) is 0 Å². The molecule has 4 aromatic rings. The molecule has 2 aromatic heterocycles. The maximum absolute atomic E-state index is 12.9. The Balaban J connectivity index is 1.80. The lowest BCUT2D eigenvalue weighted by Crippen LogP contribution is -2.10. The van der Waals surface area contributed by atoms with Gasteiger partial charge in [0.05, 0.1) is 17.5 Å². The van der Waals surface area contributed by atoms with E-state index in [1.165, 1.54) is 11.3 Å². The number of methoxy groups -OCH3 is 1. The van der Waals surface area contributed by atoms with Crippen molar-refractivity contribution in [3.05, 3.63) is 80.7 Å². The van der Waals surface area contributed by atoms with Crippen molar-refractivity contribution in [2.75, 3.05) is 7.11 Å². The van der Waals surface area contributed by atoms with E-state index in [1.54, 1.807) is 13.2 Å². The number of hydrogen-bond donors (Lipinski definition) is 1. The second-order valence-corrected chi connectivity index (χ2v) is 8.33. The molecule has 6 heteroatoms. The smallest absolute Gasteiger partial charge is 0.260 e. The van der Waals surface area contributed by atoms with Crippen molar-refractivity contribution >= 4 is 44.3 Å². The molecule has 29 heavy (non-hydrogen) atoms. The van der Waals surface area contributed by atoms with Gasteiger partial charge in [-0.25, -0.2) is 4.98 Å². The van der Waals surface area contributed by atoms with Gasteiger partial charge in [-0.2, -0.15) is 0 Å². The summed E-state index contributed by atoms with van der Waals surface area (Å²) in [5.41, 5.74) is 3.65. The summed E-state index contributed by atoms with van der Waals surface area (Å²) in [6.07, 6.45) is 1.79. The van der Waals surface area contributed by atoms with Crippen molar-refractivity contribution < 1.29 is 4.74 Å². The number of ether oxygens (including phenoxy) is 1. The molecule has 0 atom stereocenters. The number of hydrogen-bond acceptors (Lipinski definition) is 4. The Morgan fingerprint density at radius 3 is 2.62 bits per heavy atom. The first-order valence-electron chi connectivity index (χ1n) is 9.09. The zero-order chi connectivity index (χ0) is 20.5. The van der Waals surface area contributed by atoms with E-state index < -0.39 is 0 Å². The Morgan fingerprint density at radius 2 is 1.93 bits per heavy atom. The van der Waals surface area contributed by atoms with E-state index in [0.29, 0.717) is 21.1 Å². The highest BCUT2D eigenvalue weighted by atomic mass is 35.5. The first-order valence-corrected chi connectivity index (χ1v) is 10.3. The second kappa shape index (κ2) is 7.85. The lowest BCUT2D eigenvalue weighted by molar-refractivity contribution is 0.411. The fourth-order valence-electron chi connectivity index (χ4n) is 3.39. The van der Waals surface area contributed by atoms with Gasteiger partial charge in [-0.15, -0.1) is 11.3 Å². The molecule has 2 aromatic carbocycles. The highest BCUT2D eigenvalue weighted by Gasteiger charge is 2.17. The largest absolute Gasteiger partial charge is 0.496 e. The average Bonchev–Trinajstić information content (AvgIpc) is 3.05. The van der Waals surface area contributed by atoms with E-state index >= 15 is 0 Å². The van der Waals surface area contributed by atoms with E-state index in [9.17, 15) is 4.79 Å². The Morgan fingerprint density at radius 1 is 1.17 bits per heavy atom. The van der Waals surface area contributed by atoms with Gasteiger partial charge in [-0.1, -0.05) is 48.0 Å². The van der Waals surface area contributed by atoms with Gasteiger partial charge in [0, 0.05) is 10.4 Å². The summed E-state index contributed by atoms with van der Waals surface area (Å²) >= 11 is 8.00. The fourth-order valence-corrected chi connectivity index (χ4v) is 4.65. The molecule has 4 nitrogen and oxygen atoms in total. The Hall–Kier alpha value is -2.89. The van der Waals surface area contributed by atoms with E-state index in [2.05, 4.69) is 9.97 Å². The summed E-state index contributed by atoms with van der Waals surface area (Å²) in [5.74, 6) is 1.17. The van der Waals surface area contributed by atoms with Crippen LogP contribution < -0.4 is 10.3 Å². The minimum Gasteiger partial charge on any atom is -0.496 e. The molecule has 0 spiro atoms. The molecule has 0 bridgehead atoms.